The molecule has 1 atom stereocenters. The molecule has 0 radical (unpaired) electrons. The molecule has 1 N–H and O–H groups in total. The van der Waals surface area contributed by atoms with E-state index in [2.05, 4.69) is 24.4 Å². The van der Waals surface area contributed by atoms with Gasteiger partial charge in [0.15, 0.2) is 0 Å². The van der Waals surface area contributed by atoms with Gasteiger partial charge < -0.3 is 10.1 Å². The number of ether oxygens (including phenoxy) is 1. The molecule has 2 nitrogen and oxygen atoms in total. The standard InChI is InChI=1S/C14H18ClNO/c1-11(8-14-10-17-6-5-16-14)7-12-3-2-4-13(15)9-12/h2-4,7,9,14,16H,5-6,8,10H2,1H3/b11-7-. The number of hydrogen-bond acceptors (Lipinski definition) is 2. The summed E-state index contributed by atoms with van der Waals surface area (Å²) in [6.07, 6.45) is 3.20. The highest BCUT2D eigenvalue weighted by Gasteiger charge is 2.12. The van der Waals surface area contributed by atoms with Crippen LogP contribution in [0.3, 0.4) is 0 Å². The van der Waals surface area contributed by atoms with Crippen molar-refractivity contribution in [1.82, 2.24) is 5.32 Å². The molecule has 17 heavy (non-hydrogen) atoms. The largest absolute Gasteiger partial charge is 0.379 e. The fourth-order valence-electron chi connectivity index (χ4n) is 2.08. The third-order valence-electron chi connectivity index (χ3n) is 2.83. The van der Waals surface area contributed by atoms with Gasteiger partial charge >= 0.3 is 0 Å². The molecule has 0 spiro atoms. The number of benzene rings is 1. The van der Waals surface area contributed by atoms with E-state index in [4.69, 9.17) is 16.3 Å². The maximum Gasteiger partial charge on any atom is 0.0623 e. The van der Waals surface area contributed by atoms with Gasteiger partial charge in [0, 0.05) is 17.6 Å². The summed E-state index contributed by atoms with van der Waals surface area (Å²) in [5.41, 5.74) is 2.50. The van der Waals surface area contributed by atoms with Gasteiger partial charge in [0.1, 0.15) is 0 Å². The molecule has 0 saturated carbocycles. The molecule has 0 aromatic heterocycles. The Morgan fingerprint density at radius 3 is 3.18 bits per heavy atom. The summed E-state index contributed by atoms with van der Waals surface area (Å²) in [5, 5.41) is 4.24. The van der Waals surface area contributed by atoms with Crippen LogP contribution in [0.25, 0.3) is 6.08 Å². The van der Waals surface area contributed by atoms with E-state index in [-0.39, 0.29) is 0 Å². The minimum absolute atomic E-state index is 0.444. The van der Waals surface area contributed by atoms with E-state index in [9.17, 15) is 0 Å². The summed E-state index contributed by atoms with van der Waals surface area (Å²) < 4.78 is 5.44. The maximum absolute atomic E-state index is 5.96. The Labute approximate surface area is 108 Å². The van der Waals surface area contributed by atoms with Crippen molar-refractivity contribution < 1.29 is 4.74 Å². The van der Waals surface area contributed by atoms with Gasteiger partial charge in [-0.3, -0.25) is 0 Å². The Kier molecular flexibility index (Phi) is 4.60. The summed E-state index contributed by atoms with van der Waals surface area (Å²) in [6, 6.07) is 8.36. The van der Waals surface area contributed by atoms with E-state index in [0.717, 1.165) is 36.8 Å². The van der Waals surface area contributed by atoms with Crippen molar-refractivity contribution in [3.63, 3.8) is 0 Å². The van der Waals surface area contributed by atoms with Crippen LogP contribution < -0.4 is 5.32 Å². The SMILES string of the molecule is C/C(=C/c1cccc(Cl)c1)CC1COCCN1. The molecule has 1 unspecified atom stereocenters. The summed E-state index contributed by atoms with van der Waals surface area (Å²) in [7, 11) is 0. The van der Waals surface area contributed by atoms with E-state index < -0.39 is 0 Å². The smallest absolute Gasteiger partial charge is 0.0623 e. The first-order chi connectivity index (χ1) is 8.24. The molecule has 0 bridgehead atoms. The molecule has 1 aliphatic heterocycles. The molecule has 0 amide bonds. The topological polar surface area (TPSA) is 21.3 Å². The minimum atomic E-state index is 0.444. The lowest BCUT2D eigenvalue weighted by Crippen LogP contribution is -2.41. The van der Waals surface area contributed by atoms with Gasteiger partial charge in [-0.1, -0.05) is 35.4 Å². The fraction of sp³-hybridized carbons (Fsp3) is 0.429. The summed E-state index contributed by atoms with van der Waals surface area (Å²) in [4.78, 5) is 0. The van der Waals surface area contributed by atoms with Crippen LogP contribution in [-0.2, 0) is 4.74 Å². The normalized spacial score (nSPS) is 21.5. The lowest BCUT2D eigenvalue weighted by Gasteiger charge is -2.24. The number of nitrogens with one attached hydrogen (secondary N) is 1. The molecular formula is C14H18ClNO. The number of morpholine rings is 1. The van der Waals surface area contributed by atoms with Crippen LogP contribution in [0.2, 0.25) is 5.02 Å². The van der Waals surface area contributed by atoms with Gasteiger partial charge in [0.25, 0.3) is 0 Å². The number of hydrogen-bond donors (Lipinski definition) is 1. The van der Waals surface area contributed by atoms with Gasteiger partial charge in [-0.2, -0.15) is 0 Å². The first-order valence-electron chi connectivity index (χ1n) is 5.98. The highest BCUT2D eigenvalue weighted by atomic mass is 35.5. The number of halogens is 1. The Morgan fingerprint density at radius 2 is 2.47 bits per heavy atom. The van der Waals surface area contributed by atoms with Gasteiger partial charge in [0.2, 0.25) is 0 Å². The average Bonchev–Trinajstić information content (AvgIpc) is 2.30. The van der Waals surface area contributed by atoms with Gasteiger partial charge in [-0.05, 0) is 31.0 Å². The second-order valence-electron chi connectivity index (χ2n) is 4.48. The highest BCUT2D eigenvalue weighted by Crippen LogP contribution is 2.16. The molecule has 1 saturated heterocycles. The molecule has 1 aromatic carbocycles. The highest BCUT2D eigenvalue weighted by molar-refractivity contribution is 6.30. The van der Waals surface area contributed by atoms with Crippen LogP contribution in [0.1, 0.15) is 18.9 Å². The second-order valence-corrected chi connectivity index (χ2v) is 4.91. The molecule has 0 aliphatic carbocycles. The molecule has 1 aliphatic rings. The van der Waals surface area contributed by atoms with Crippen LogP contribution >= 0.6 is 11.6 Å². The van der Waals surface area contributed by atoms with Crippen LogP contribution in [0.5, 0.6) is 0 Å². The van der Waals surface area contributed by atoms with E-state index in [0.29, 0.717) is 6.04 Å². The summed E-state index contributed by atoms with van der Waals surface area (Å²) in [5.74, 6) is 0. The Bertz CT molecular complexity index is 397. The van der Waals surface area contributed by atoms with Crippen molar-refractivity contribution in [3.8, 4) is 0 Å². The lowest BCUT2D eigenvalue weighted by atomic mass is 10.0. The Balaban J connectivity index is 1.96. The molecule has 2 rings (SSSR count). The van der Waals surface area contributed by atoms with Crippen molar-refractivity contribution in [2.24, 2.45) is 0 Å². The predicted octanol–water partition coefficient (Wildman–Crippen LogP) is 3.12. The predicted molar refractivity (Wildman–Crippen MR) is 72.3 cm³/mol. The lowest BCUT2D eigenvalue weighted by molar-refractivity contribution is 0.0771. The third-order valence-corrected chi connectivity index (χ3v) is 3.06. The quantitative estimate of drug-likeness (QED) is 0.891. The van der Waals surface area contributed by atoms with Crippen molar-refractivity contribution in [2.75, 3.05) is 19.8 Å². The van der Waals surface area contributed by atoms with E-state index in [1.54, 1.807) is 0 Å². The molecule has 1 aromatic rings. The second kappa shape index (κ2) is 6.20. The molecule has 1 fully saturated rings. The first-order valence-corrected chi connectivity index (χ1v) is 6.36. The molecule has 92 valence electrons. The van der Waals surface area contributed by atoms with Crippen LogP contribution in [-0.4, -0.2) is 25.8 Å². The van der Waals surface area contributed by atoms with E-state index >= 15 is 0 Å². The van der Waals surface area contributed by atoms with Gasteiger partial charge in [-0.15, -0.1) is 0 Å². The van der Waals surface area contributed by atoms with Crippen LogP contribution in [0, 0.1) is 0 Å². The van der Waals surface area contributed by atoms with Gasteiger partial charge in [-0.25, -0.2) is 0 Å². The minimum Gasteiger partial charge on any atom is -0.379 e. The molecular weight excluding hydrogens is 234 g/mol. The summed E-state index contributed by atoms with van der Waals surface area (Å²) in [6.45, 7) is 4.74. The third kappa shape index (κ3) is 4.15. The zero-order valence-corrected chi connectivity index (χ0v) is 10.8. The Morgan fingerprint density at radius 1 is 1.59 bits per heavy atom. The van der Waals surface area contributed by atoms with Crippen molar-refractivity contribution in [2.45, 2.75) is 19.4 Å². The Hall–Kier alpha value is -0.830. The van der Waals surface area contributed by atoms with Gasteiger partial charge in [0.05, 0.1) is 13.2 Å². The van der Waals surface area contributed by atoms with E-state index in [1.807, 2.05) is 18.2 Å². The van der Waals surface area contributed by atoms with Crippen LogP contribution in [0.15, 0.2) is 29.8 Å². The zero-order valence-electron chi connectivity index (χ0n) is 10.1. The molecule has 3 heteroatoms. The number of rotatable bonds is 3. The van der Waals surface area contributed by atoms with Crippen LogP contribution in [0.4, 0.5) is 0 Å². The average molecular weight is 252 g/mol. The van der Waals surface area contributed by atoms with E-state index in [1.165, 1.54) is 5.57 Å². The maximum atomic E-state index is 5.96. The van der Waals surface area contributed by atoms with Crippen molar-refractivity contribution in [1.29, 1.82) is 0 Å². The fourth-order valence-corrected chi connectivity index (χ4v) is 2.28. The monoisotopic (exact) mass is 251 g/mol. The first kappa shape index (κ1) is 12.6. The molecule has 1 heterocycles. The summed E-state index contributed by atoms with van der Waals surface area (Å²) >= 11 is 5.96. The van der Waals surface area contributed by atoms with Crippen molar-refractivity contribution in [3.05, 3.63) is 40.4 Å². The van der Waals surface area contributed by atoms with Crippen molar-refractivity contribution >= 4 is 17.7 Å². The zero-order chi connectivity index (χ0) is 12.1.